The molecule has 1 amide bonds. The van der Waals surface area contributed by atoms with E-state index in [1.165, 1.54) is 12.3 Å². The van der Waals surface area contributed by atoms with Crippen LogP contribution in [0.5, 0.6) is 0 Å². The Hall–Kier alpha value is -1.79. The molecule has 2 aromatic heterocycles. The Balaban J connectivity index is 1.62. The zero-order valence-corrected chi connectivity index (χ0v) is 11.5. The highest BCUT2D eigenvalue weighted by Crippen LogP contribution is 2.19. The first-order valence-corrected chi connectivity index (χ1v) is 6.78. The Bertz CT molecular complexity index is 602. The Morgan fingerprint density at radius 3 is 3.20 bits per heavy atom. The molecule has 2 aromatic rings. The van der Waals surface area contributed by atoms with Gasteiger partial charge in [-0.1, -0.05) is 0 Å². The molecule has 7 heteroatoms. The lowest BCUT2D eigenvalue weighted by atomic mass is 10.2. The molecule has 1 N–H and O–H groups in total. The summed E-state index contributed by atoms with van der Waals surface area (Å²) in [5.41, 5.74) is 0.920. The molecule has 0 bridgehead atoms. The maximum absolute atomic E-state index is 11.9. The predicted molar refractivity (Wildman–Crippen MR) is 72.9 cm³/mol. The van der Waals surface area contributed by atoms with Gasteiger partial charge in [0.25, 0.3) is 5.91 Å². The number of anilines is 1. The van der Waals surface area contributed by atoms with E-state index in [9.17, 15) is 4.79 Å². The van der Waals surface area contributed by atoms with Gasteiger partial charge in [0.2, 0.25) is 5.22 Å². The summed E-state index contributed by atoms with van der Waals surface area (Å²) in [6, 6.07) is 1.52. The number of rotatable bonds is 4. The van der Waals surface area contributed by atoms with Gasteiger partial charge in [0.05, 0.1) is 36.4 Å². The van der Waals surface area contributed by atoms with Crippen molar-refractivity contribution in [3.63, 3.8) is 0 Å². The minimum absolute atomic E-state index is 0.0780. The molecule has 106 valence electrons. The SMILES string of the molecule is O=C(Nc1cnn(CC2CCCO2)c1)c1ccoc1Cl. The van der Waals surface area contributed by atoms with Gasteiger partial charge >= 0.3 is 0 Å². The van der Waals surface area contributed by atoms with E-state index in [2.05, 4.69) is 10.4 Å². The number of halogens is 1. The summed E-state index contributed by atoms with van der Waals surface area (Å²) in [6.07, 6.45) is 7.09. The fourth-order valence-electron chi connectivity index (χ4n) is 2.18. The molecule has 1 saturated heterocycles. The second-order valence-electron chi connectivity index (χ2n) is 4.65. The van der Waals surface area contributed by atoms with Gasteiger partial charge in [-0.15, -0.1) is 0 Å². The number of carbonyl (C=O) groups is 1. The van der Waals surface area contributed by atoms with Crippen LogP contribution in [0.2, 0.25) is 5.22 Å². The summed E-state index contributed by atoms with van der Waals surface area (Å²) in [4.78, 5) is 11.9. The lowest BCUT2D eigenvalue weighted by molar-refractivity contribution is 0.0940. The third kappa shape index (κ3) is 2.86. The predicted octanol–water partition coefficient (Wildman–Crippen LogP) is 2.56. The van der Waals surface area contributed by atoms with Crippen LogP contribution in [0.1, 0.15) is 23.2 Å². The summed E-state index contributed by atoms with van der Waals surface area (Å²) in [7, 11) is 0. The first kappa shape index (κ1) is 13.2. The number of hydrogen-bond acceptors (Lipinski definition) is 4. The quantitative estimate of drug-likeness (QED) is 0.941. The molecule has 0 spiro atoms. The van der Waals surface area contributed by atoms with E-state index in [0.717, 1.165) is 19.4 Å². The second-order valence-corrected chi connectivity index (χ2v) is 4.99. The summed E-state index contributed by atoms with van der Waals surface area (Å²) in [5.74, 6) is -0.319. The van der Waals surface area contributed by atoms with Crippen LogP contribution < -0.4 is 5.32 Å². The molecule has 0 saturated carbocycles. The standard InChI is InChI=1S/C13H14ClN3O3/c14-12-11(3-5-20-12)13(18)16-9-6-15-17(7-9)8-10-2-1-4-19-10/h3,5-7,10H,1-2,4,8H2,(H,16,18). The van der Waals surface area contributed by atoms with Crippen molar-refractivity contribution < 1.29 is 13.9 Å². The molecule has 3 rings (SSSR count). The maximum Gasteiger partial charge on any atom is 0.260 e. The molecule has 0 aromatic carbocycles. The largest absolute Gasteiger partial charge is 0.452 e. The molecular weight excluding hydrogens is 282 g/mol. The Morgan fingerprint density at radius 1 is 1.60 bits per heavy atom. The first-order valence-electron chi connectivity index (χ1n) is 6.41. The van der Waals surface area contributed by atoms with Crippen molar-refractivity contribution in [2.24, 2.45) is 0 Å². The molecule has 1 aliphatic heterocycles. The topological polar surface area (TPSA) is 69.3 Å². The van der Waals surface area contributed by atoms with E-state index in [-0.39, 0.29) is 17.2 Å². The molecule has 0 aliphatic carbocycles. The zero-order valence-electron chi connectivity index (χ0n) is 10.7. The van der Waals surface area contributed by atoms with Gasteiger partial charge < -0.3 is 14.5 Å². The van der Waals surface area contributed by atoms with E-state index in [1.54, 1.807) is 17.1 Å². The Labute approximate surface area is 120 Å². The van der Waals surface area contributed by atoms with Crippen molar-refractivity contribution in [1.82, 2.24) is 9.78 Å². The van der Waals surface area contributed by atoms with Gasteiger partial charge in [-0.25, -0.2) is 0 Å². The number of carbonyl (C=O) groups excluding carboxylic acids is 1. The van der Waals surface area contributed by atoms with Gasteiger partial charge in [-0.3, -0.25) is 9.48 Å². The van der Waals surface area contributed by atoms with Crippen molar-refractivity contribution in [2.45, 2.75) is 25.5 Å². The Morgan fingerprint density at radius 2 is 2.50 bits per heavy atom. The number of furan rings is 1. The number of amides is 1. The van der Waals surface area contributed by atoms with Gasteiger partial charge in [-0.05, 0) is 30.5 Å². The lowest BCUT2D eigenvalue weighted by Crippen LogP contribution is -2.15. The van der Waals surface area contributed by atoms with Crippen molar-refractivity contribution in [2.75, 3.05) is 11.9 Å². The van der Waals surface area contributed by atoms with E-state index >= 15 is 0 Å². The number of aromatic nitrogens is 2. The summed E-state index contributed by atoms with van der Waals surface area (Å²) in [6.45, 7) is 1.51. The van der Waals surface area contributed by atoms with Crippen molar-refractivity contribution in [3.8, 4) is 0 Å². The summed E-state index contributed by atoms with van der Waals surface area (Å²) in [5, 5.41) is 7.00. The van der Waals surface area contributed by atoms with Gasteiger partial charge in [0.1, 0.15) is 0 Å². The number of nitrogens with one attached hydrogen (secondary N) is 1. The van der Waals surface area contributed by atoms with E-state index in [4.69, 9.17) is 20.8 Å². The maximum atomic E-state index is 11.9. The monoisotopic (exact) mass is 295 g/mol. The second kappa shape index (κ2) is 5.68. The fraction of sp³-hybridized carbons (Fsp3) is 0.385. The average Bonchev–Trinajstić information content (AvgIpc) is 3.12. The minimum atomic E-state index is -0.319. The molecule has 0 radical (unpaired) electrons. The van der Waals surface area contributed by atoms with Crippen LogP contribution in [0.3, 0.4) is 0 Å². The van der Waals surface area contributed by atoms with E-state index in [1.807, 2.05) is 0 Å². The van der Waals surface area contributed by atoms with Crippen molar-refractivity contribution >= 4 is 23.2 Å². The van der Waals surface area contributed by atoms with Gasteiger partial charge in [-0.2, -0.15) is 5.10 Å². The minimum Gasteiger partial charge on any atom is -0.452 e. The molecule has 1 fully saturated rings. The molecule has 20 heavy (non-hydrogen) atoms. The number of nitrogens with zero attached hydrogens (tertiary/aromatic N) is 2. The molecule has 1 unspecified atom stereocenters. The van der Waals surface area contributed by atoms with Crippen LogP contribution >= 0.6 is 11.6 Å². The van der Waals surface area contributed by atoms with Crippen molar-refractivity contribution in [1.29, 1.82) is 0 Å². The normalized spacial score (nSPS) is 18.4. The molecule has 3 heterocycles. The van der Waals surface area contributed by atoms with E-state index in [0.29, 0.717) is 17.8 Å². The van der Waals surface area contributed by atoms with Crippen LogP contribution in [0, 0.1) is 0 Å². The zero-order chi connectivity index (χ0) is 13.9. The molecular formula is C13H14ClN3O3. The summed E-state index contributed by atoms with van der Waals surface area (Å²) >= 11 is 5.75. The molecule has 1 atom stereocenters. The highest BCUT2D eigenvalue weighted by atomic mass is 35.5. The number of ether oxygens (including phenoxy) is 1. The summed E-state index contributed by atoms with van der Waals surface area (Å²) < 4.78 is 12.2. The third-order valence-electron chi connectivity index (χ3n) is 3.17. The van der Waals surface area contributed by atoms with Crippen LogP contribution in [-0.4, -0.2) is 28.4 Å². The average molecular weight is 296 g/mol. The third-order valence-corrected chi connectivity index (χ3v) is 3.46. The lowest BCUT2D eigenvalue weighted by Gasteiger charge is -2.08. The van der Waals surface area contributed by atoms with Gasteiger partial charge in [0.15, 0.2) is 0 Å². The first-order chi connectivity index (χ1) is 9.72. The molecule has 6 nitrogen and oxygen atoms in total. The van der Waals surface area contributed by atoms with E-state index < -0.39 is 0 Å². The highest BCUT2D eigenvalue weighted by molar-refractivity contribution is 6.32. The molecule has 1 aliphatic rings. The van der Waals surface area contributed by atoms with Crippen LogP contribution in [-0.2, 0) is 11.3 Å². The smallest absolute Gasteiger partial charge is 0.260 e. The van der Waals surface area contributed by atoms with Crippen LogP contribution in [0.25, 0.3) is 0 Å². The fourth-order valence-corrected chi connectivity index (χ4v) is 2.38. The van der Waals surface area contributed by atoms with Crippen LogP contribution in [0.4, 0.5) is 5.69 Å². The highest BCUT2D eigenvalue weighted by Gasteiger charge is 2.17. The number of hydrogen-bond donors (Lipinski definition) is 1. The van der Waals surface area contributed by atoms with Crippen LogP contribution in [0.15, 0.2) is 29.1 Å². The van der Waals surface area contributed by atoms with Gasteiger partial charge in [0, 0.05) is 12.8 Å². The Kier molecular flexibility index (Phi) is 3.75. The van der Waals surface area contributed by atoms with Crippen molar-refractivity contribution in [3.05, 3.63) is 35.5 Å².